The molecule has 0 aromatic heterocycles. The molecule has 2 N–H and O–H groups in total. The number of nitrogens with zero attached hydrogens (tertiary/aromatic N) is 1. The Balaban J connectivity index is 2.08. The molecule has 2 amide bonds. The van der Waals surface area contributed by atoms with E-state index in [0.29, 0.717) is 13.1 Å². The maximum absolute atomic E-state index is 13.2. The van der Waals surface area contributed by atoms with Gasteiger partial charge in [0.2, 0.25) is 0 Å². The third-order valence-corrected chi connectivity index (χ3v) is 3.17. The van der Waals surface area contributed by atoms with E-state index >= 15 is 0 Å². The molecule has 0 bridgehead atoms. The molecule has 0 unspecified atom stereocenters. The molecule has 6 heteroatoms. The van der Waals surface area contributed by atoms with Crippen molar-refractivity contribution in [2.24, 2.45) is 0 Å². The summed E-state index contributed by atoms with van der Waals surface area (Å²) < 4.78 is 13.2. The van der Waals surface area contributed by atoms with Gasteiger partial charge in [-0.05, 0) is 31.5 Å². The lowest BCUT2D eigenvalue weighted by Crippen LogP contribution is -2.37. The average Bonchev–Trinajstić information content (AvgIpc) is 2.41. The van der Waals surface area contributed by atoms with Crippen LogP contribution >= 0.6 is 0 Å². The molecule has 1 aliphatic rings. The Kier molecular flexibility index (Phi) is 4.02. The van der Waals surface area contributed by atoms with E-state index in [4.69, 9.17) is 5.11 Å². The summed E-state index contributed by atoms with van der Waals surface area (Å²) >= 11 is 0. The van der Waals surface area contributed by atoms with Crippen LogP contribution in [0.15, 0.2) is 29.8 Å². The third-order valence-electron chi connectivity index (χ3n) is 3.17. The van der Waals surface area contributed by atoms with Crippen LogP contribution in [0.5, 0.6) is 0 Å². The highest BCUT2D eigenvalue weighted by Crippen LogP contribution is 2.16. The molecule has 20 heavy (non-hydrogen) atoms. The van der Waals surface area contributed by atoms with Gasteiger partial charge in [-0.2, -0.15) is 0 Å². The highest BCUT2D eigenvalue weighted by atomic mass is 19.1. The predicted molar refractivity (Wildman–Crippen MR) is 72.3 cm³/mol. The van der Waals surface area contributed by atoms with Crippen molar-refractivity contribution in [3.05, 3.63) is 41.2 Å². The lowest BCUT2D eigenvalue weighted by molar-refractivity contribution is 0.0692. The van der Waals surface area contributed by atoms with Crippen LogP contribution in [-0.4, -0.2) is 35.1 Å². The molecule has 1 aromatic carbocycles. The maximum Gasteiger partial charge on any atom is 0.338 e. The van der Waals surface area contributed by atoms with Crippen LogP contribution in [0.25, 0.3) is 0 Å². The summed E-state index contributed by atoms with van der Waals surface area (Å²) in [5.41, 5.74) is 1.04. The zero-order chi connectivity index (χ0) is 14.7. The number of urea groups is 1. The molecule has 1 aliphatic heterocycles. The minimum Gasteiger partial charge on any atom is -0.478 e. The minimum atomic E-state index is -1.37. The Morgan fingerprint density at radius 1 is 1.40 bits per heavy atom. The fraction of sp³-hybridized carbons (Fsp3) is 0.286. The van der Waals surface area contributed by atoms with Crippen molar-refractivity contribution in [1.82, 2.24) is 4.90 Å². The van der Waals surface area contributed by atoms with E-state index in [1.165, 1.54) is 11.6 Å². The molecule has 2 rings (SSSR count). The molecular formula is C14H15FN2O3. The van der Waals surface area contributed by atoms with E-state index in [1.807, 2.05) is 13.0 Å². The summed E-state index contributed by atoms with van der Waals surface area (Å²) in [6, 6.07) is 3.15. The van der Waals surface area contributed by atoms with Crippen molar-refractivity contribution in [1.29, 1.82) is 0 Å². The van der Waals surface area contributed by atoms with Crippen LogP contribution in [0.3, 0.4) is 0 Å². The van der Waals surface area contributed by atoms with E-state index in [0.717, 1.165) is 18.6 Å². The van der Waals surface area contributed by atoms with Crippen molar-refractivity contribution in [3.8, 4) is 0 Å². The number of carbonyl (C=O) groups excluding carboxylic acids is 1. The fourth-order valence-corrected chi connectivity index (χ4v) is 1.92. The van der Waals surface area contributed by atoms with Crippen molar-refractivity contribution in [2.45, 2.75) is 13.3 Å². The number of benzene rings is 1. The normalized spacial score (nSPS) is 14.7. The number of hydrogen-bond acceptors (Lipinski definition) is 2. The summed E-state index contributed by atoms with van der Waals surface area (Å²) in [7, 11) is 0. The number of rotatable bonds is 2. The van der Waals surface area contributed by atoms with E-state index in [9.17, 15) is 14.0 Å². The van der Waals surface area contributed by atoms with Crippen molar-refractivity contribution >= 4 is 17.7 Å². The number of carboxylic acids is 1. The highest BCUT2D eigenvalue weighted by Gasteiger charge is 2.17. The van der Waals surface area contributed by atoms with Crippen LogP contribution < -0.4 is 5.32 Å². The van der Waals surface area contributed by atoms with Gasteiger partial charge in [-0.25, -0.2) is 14.0 Å². The summed E-state index contributed by atoms with van der Waals surface area (Å²) in [5.74, 6) is -2.19. The second-order valence-electron chi connectivity index (χ2n) is 4.68. The Morgan fingerprint density at radius 3 is 2.75 bits per heavy atom. The minimum absolute atomic E-state index is 0.264. The van der Waals surface area contributed by atoms with Gasteiger partial charge in [0.05, 0.1) is 5.56 Å². The van der Waals surface area contributed by atoms with Crippen LogP contribution in [0.2, 0.25) is 0 Å². The number of halogens is 1. The van der Waals surface area contributed by atoms with E-state index in [1.54, 1.807) is 4.90 Å². The van der Waals surface area contributed by atoms with Gasteiger partial charge in [0.1, 0.15) is 5.82 Å². The second-order valence-corrected chi connectivity index (χ2v) is 4.68. The first kappa shape index (κ1) is 14.0. The second kappa shape index (κ2) is 5.73. The number of carboxylic acid groups (broad SMARTS) is 1. The molecule has 1 aromatic rings. The molecule has 0 spiro atoms. The molecule has 0 saturated carbocycles. The maximum atomic E-state index is 13.2. The first-order chi connectivity index (χ1) is 9.47. The van der Waals surface area contributed by atoms with Crippen molar-refractivity contribution < 1.29 is 19.1 Å². The molecular weight excluding hydrogens is 263 g/mol. The first-order valence-corrected chi connectivity index (χ1v) is 6.22. The van der Waals surface area contributed by atoms with Gasteiger partial charge >= 0.3 is 12.0 Å². The van der Waals surface area contributed by atoms with Crippen LogP contribution in [0, 0.1) is 5.82 Å². The summed E-state index contributed by atoms with van der Waals surface area (Å²) in [6.45, 7) is 3.14. The standard InChI is InChI=1S/C14H15FN2O3/c1-9-4-6-17(7-5-9)14(20)16-10-2-3-12(15)11(8-10)13(18)19/h2-4,8H,5-7H2,1H3,(H,16,20)(H,18,19). The Labute approximate surface area is 115 Å². The molecule has 1 heterocycles. The molecule has 0 saturated heterocycles. The quantitative estimate of drug-likeness (QED) is 0.817. The third kappa shape index (κ3) is 3.14. The van der Waals surface area contributed by atoms with E-state index < -0.39 is 17.3 Å². The lowest BCUT2D eigenvalue weighted by Gasteiger charge is -2.25. The molecule has 0 aliphatic carbocycles. The van der Waals surface area contributed by atoms with Crippen molar-refractivity contribution in [2.75, 3.05) is 18.4 Å². The summed E-state index contributed by atoms with van der Waals surface area (Å²) in [6.07, 6.45) is 2.79. The number of nitrogens with one attached hydrogen (secondary N) is 1. The Hall–Kier alpha value is -2.37. The van der Waals surface area contributed by atoms with Gasteiger partial charge in [-0.1, -0.05) is 11.6 Å². The molecule has 0 fully saturated rings. The number of hydrogen-bond donors (Lipinski definition) is 2. The molecule has 0 radical (unpaired) electrons. The van der Waals surface area contributed by atoms with Gasteiger partial charge < -0.3 is 15.3 Å². The average molecular weight is 278 g/mol. The molecule has 106 valence electrons. The summed E-state index contributed by atoms with van der Waals surface area (Å²) in [5, 5.41) is 11.4. The van der Waals surface area contributed by atoms with Crippen molar-refractivity contribution in [3.63, 3.8) is 0 Å². The predicted octanol–water partition coefficient (Wildman–Crippen LogP) is 2.71. The highest BCUT2D eigenvalue weighted by molar-refractivity contribution is 5.93. The first-order valence-electron chi connectivity index (χ1n) is 6.22. The van der Waals surface area contributed by atoms with Crippen LogP contribution in [0.4, 0.5) is 14.9 Å². The smallest absolute Gasteiger partial charge is 0.338 e. The van der Waals surface area contributed by atoms with Gasteiger partial charge in [0, 0.05) is 18.8 Å². The van der Waals surface area contributed by atoms with Gasteiger partial charge in [0.15, 0.2) is 0 Å². The number of aromatic carboxylic acids is 1. The topological polar surface area (TPSA) is 69.6 Å². The zero-order valence-corrected chi connectivity index (χ0v) is 11.0. The van der Waals surface area contributed by atoms with E-state index in [-0.39, 0.29) is 11.7 Å². The zero-order valence-electron chi connectivity index (χ0n) is 11.0. The van der Waals surface area contributed by atoms with Crippen LogP contribution in [0.1, 0.15) is 23.7 Å². The van der Waals surface area contributed by atoms with Gasteiger partial charge in [0.25, 0.3) is 0 Å². The lowest BCUT2D eigenvalue weighted by atomic mass is 10.1. The van der Waals surface area contributed by atoms with Crippen LogP contribution in [-0.2, 0) is 0 Å². The SMILES string of the molecule is CC1=CCN(C(=O)Nc2ccc(F)c(C(=O)O)c2)CC1. The van der Waals surface area contributed by atoms with Gasteiger partial charge in [-0.3, -0.25) is 0 Å². The molecule has 5 nitrogen and oxygen atoms in total. The summed E-state index contributed by atoms with van der Waals surface area (Å²) in [4.78, 5) is 24.4. The fourth-order valence-electron chi connectivity index (χ4n) is 1.92. The Morgan fingerprint density at radius 2 is 2.15 bits per heavy atom. The monoisotopic (exact) mass is 278 g/mol. The number of amides is 2. The number of anilines is 1. The number of carbonyl (C=O) groups is 2. The van der Waals surface area contributed by atoms with E-state index in [2.05, 4.69) is 5.32 Å². The largest absolute Gasteiger partial charge is 0.478 e. The van der Waals surface area contributed by atoms with Gasteiger partial charge in [-0.15, -0.1) is 0 Å². The Bertz CT molecular complexity index is 584. The molecule has 0 atom stereocenters.